The minimum Gasteiger partial charge on any atom is -0.301 e. The molecule has 0 N–H and O–H groups in total. The fraction of sp³-hybridized carbons (Fsp3) is 0.900. The lowest BCUT2D eigenvalue weighted by atomic mass is 10.0. The average molecular weight is 182 g/mol. The summed E-state index contributed by atoms with van der Waals surface area (Å²) in [7, 11) is 0. The summed E-state index contributed by atoms with van der Waals surface area (Å²) < 4.78 is 0. The lowest BCUT2D eigenvalue weighted by Crippen LogP contribution is -2.56. The Kier molecular flexibility index (Phi) is 2.16. The Balaban J connectivity index is 2.11. The smallest absolute Gasteiger partial charge is 0.139 e. The molecule has 0 saturated carbocycles. The van der Waals surface area contributed by atoms with Gasteiger partial charge in [-0.1, -0.05) is 0 Å². The van der Waals surface area contributed by atoms with Crippen LogP contribution in [0.3, 0.4) is 0 Å². The summed E-state index contributed by atoms with van der Waals surface area (Å²) in [4.78, 5) is 15.8. The first kappa shape index (κ1) is 9.16. The van der Waals surface area contributed by atoms with Gasteiger partial charge in [-0.2, -0.15) is 0 Å². The zero-order valence-corrected chi connectivity index (χ0v) is 8.49. The molecule has 3 heteroatoms. The van der Waals surface area contributed by atoms with Crippen LogP contribution in [0.2, 0.25) is 0 Å². The summed E-state index contributed by atoms with van der Waals surface area (Å²) in [6.45, 7) is 8.61. The Bertz CT molecular complexity index is 215. The van der Waals surface area contributed by atoms with Crippen LogP contribution < -0.4 is 0 Å². The van der Waals surface area contributed by atoms with E-state index in [4.69, 9.17) is 0 Å². The second-order valence-electron chi connectivity index (χ2n) is 4.71. The highest BCUT2D eigenvalue weighted by Crippen LogP contribution is 2.26. The molecule has 2 aliphatic heterocycles. The van der Waals surface area contributed by atoms with E-state index in [1.54, 1.807) is 0 Å². The van der Waals surface area contributed by atoms with Crippen LogP contribution in [0.15, 0.2) is 0 Å². The van der Waals surface area contributed by atoms with Crippen LogP contribution in [0, 0.1) is 0 Å². The second kappa shape index (κ2) is 3.07. The molecule has 2 rings (SSSR count). The van der Waals surface area contributed by atoms with Crippen molar-refractivity contribution in [2.45, 2.75) is 31.8 Å². The van der Waals surface area contributed by atoms with E-state index in [9.17, 15) is 4.79 Å². The number of hydrogen-bond acceptors (Lipinski definition) is 3. The highest BCUT2D eigenvalue weighted by molar-refractivity contribution is 5.62. The highest BCUT2D eigenvalue weighted by Gasteiger charge is 2.39. The Morgan fingerprint density at radius 2 is 2.08 bits per heavy atom. The summed E-state index contributed by atoms with van der Waals surface area (Å²) in [5.74, 6) is 0. The molecule has 2 unspecified atom stereocenters. The summed E-state index contributed by atoms with van der Waals surface area (Å²) >= 11 is 0. The molecule has 74 valence electrons. The largest absolute Gasteiger partial charge is 0.301 e. The van der Waals surface area contributed by atoms with Gasteiger partial charge in [0, 0.05) is 25.7 Å². The first-order valence-corrected chi connectivity index (χ1v) is 5.09. The molecule has 0 aromatic heterocycles. The van der Waals surface area contributed by atoms with E-state index in [0.717, 1.165) is 25.9 Å². The number of rotatable bonds is 2. The van der Waals surface area contributed by atoms with Crippen molar-refractivity contribution in [2.24, 2.45) is 0 Å². The molecule has 0 aromatic rings. The van der Waals surface area contributed by atoms with Gasteiger partial charge in [0.2, 0.25) is 0 Å². The van der Waals surface area contributed by atoms with E-state index in [0.29, 0.717) is 6.04 Å². The molecule has 2 fully saturated rings. The molecule has 0 radical (unpaired) electrons. The van der Waals surface area contributed by atoms with Crippen molar-refractivity contribution in [2.75, 3.05) is 26.2 Å². The van der Waals surface area contributed by atoms with Gasteiger partial charge in [0.25, 0.3) is 0 Å². The quantitative estimate of drug-likeness (QED) is 0.576. The third-order valence-corrected chi connectivity index (χ3v) is 3.37. The second-order valence-corrected chi connectivity index (χ2v) is 4.71. The van der Waals surface area contributed by atoms with Gasteiger partial charge in [-0.25, -0.2) is 0 Å². The van der Waals surface area contributed by atoms with Crippen molar-refractivity contribution in [3.8, 4) is 0 Å². The van der Waals surface area contributed by atoms with Crippen molar-refractivity contribution in [1.82, 2.24) is 9.80 Å². The first-order chi connectivity index (χ1) is 6.13. The molecule has 0 aromatic carbocycles. The van der Waals surface area contributed by atoms with Crippen molar-refractivity contribution in [3.63, 3.8) is 0 Å². The van der Waals surface area contributed by atoms with Crippen LogP contribution >= 0.6 is 0 Å². The number of aldehydes is 1. The van der Waals surface area contributed by atoms with Gasteiger partial charge in [-0.3, -0.25) is 4.90 Å². The molecular weight excluding hydrogens is 164 g/mol. The van der Waals surface area contributed by atoms with Crippen LogP contribution in [-0.2, 0) is 4.79 Å². The van der Waals surface area contributed by atoms with Crippen molar-refractivity contribution in [3.05, 3.63) is 0 Å². The Morgan fingerprint density at radius 1 is 1.31 bits per heavy atom. The molecule has 2 aliphatic rings. The normalized spacial score (nSPS) is 34.9. The number of carbonyl (C=O) groups excluding carboxylic acids is 1. The molecule has 0 spiro atoms. The van der Waals surface area contributed by atoms with Crippen molar-refractivity contribution >= 4 is 6.29 Å². The maximum Gasteiger partial charge on any atom is 0.139 e. The zero-order chi connectivity index (χ0) is 9.47. The highest BCUT2D eigenvalue weighted by atomic mass is 16.1. The van der Waals surface area contributed by atoms with Gasteiger partial charge in [-0.05, 0) is 26.8 Å². The minimum atomic E-state index is -0.263. The fourth-order valence-corrected chi connectivity index (χ4v) is 2.53. The molecule has 2 heterocycles. The molecule has 2 saturated heterocycles. The van der Waals surface area contributed by atoms with E-state index >= 15 is 0 Å². The maximum atomic E-state index is 10.9. The predicted molar refractivity (Wildman–Crippen MR) is 51.7 cm³/mol. The van der Waals surface area contributed by atoms with Gasteiger partial charge in [-0.15, -0.1) is 0 Å². The van der Waals surface area contributed by atoms with E-state index in [2.05, 4.69) is 9.80 Å². The van der Waals surface area contributed by atoms with Crippen LogP contribution in [-0.4, -0.2) is 53.8 Å². The van der Waals surface area contributed by atoms with Crippen molar-refractivity contribution < 1.29 is 4.79 Å². The Morgan fingerprint density at radius 3 is 2.77 bits per heavy atom. The Hall–Kier alpha value is -0.410. The van der Waals surface area contributed by atoms with Crippen LogP contribution in [0.25, 0.3) is 0 Å². The zero-order valence-electron chi connectivity index (χ0n) is 8.49. The lowest BCUT2D eigenvalue weighted by Gasteiger charge is -2.42. The summed E-state index contributed by atoms with van der Waals surface area (Å²) in [6.07, 6.45) is 2.32. The van der Waals surface area contributed by atoms with Gasteiger partial charge in [0.15, 0.2) is 0 Å². The minimum absolute atomic E-state index is 0.263. The molecule has 0 aliphatic carbocycles. The summed E-state index contributed by atoms with van der Waals surface area (Å²) in [6, 6.07) is 0.619. The fourth-order valence-electron chi connectivity index (χ4n) is 2.53. The molecule has 0 amide bonds. The number of hydrogen-bond donors (Lipinski definition) is 0. The SMILES string of the molecule is CC(C)(C=O)N1CCN2CCC1C2. The third-order valence-electron chi connectivity index (χ3n) is 3.37. The first-order valence-electron chi connectivity index (χ1n) is 5.09. The number of nitrogens with zero attached hydrogens (tertiary/aromatic N) is 2. The summed E-state index contributed by atoms with van der Waals surface area (Å²) in [5, 5.41) is 0. The van der Waals surface area contributed by atoms with Gasteiger partial charge >= 0.3 is 0 Å². The van der Waals surface area contributed by atoms with Crippen molar-refractivity contribution in [1.29, 1.82) is 0 Å². The van der Waals surface area contributed by atoms with E-state index in [1.807, 2.05) is 13.8 Å². The molecular formula is C10H18N2O. The summed E-state index contributed by atoms with van der Waals surface area (Å²) in [5.41, 5.74) is -0.263. The van der Waals surface area contributed by atoms with Crippen LogP contribution in [0.5, 0.6) is 0 Å². The number of carbonyl (C=O) groups is 1. The maximum absolute atomic E-state index is 10.9. The standard InChI is InChI=1S/C10H18N2O/c1-10(2,8-13)12-6-5-11-4-3-9(12)7-11/h8-9H,3-7H2,1-2H3. The molecule has 2 atom stereocenters. The van der Waals surface area contributed by atoms with Gasteiger partial charge < -0.3 is 9.69 Å². The van der Waals surface area contributed by atoms with E-state index < -0.39 is 0 Å². The predicted octanol–water partition coefficient (Wildman–Crippen LogP) is 0.354. The molecule has 3 nitrogen and oxygen atoms in total. The monoisotopic (exact) mass is 182 g/mol. The third kappa shape index (κ3) is 1.51. The average Bonchev–Trinajstić information content (AvgIpc) is 2.47. The number of fused-ring (bicyclic) bond motifs is 2. The van der Waals surface area contributed by atoms with Gasteiger partial charge in [0.1, 0.15) is 6.29 Å². The molecule has 2 bridgehead atoms. The van der Waals surface area contributed by atoms with Crippen LogP contribution in [0.4, 0.5) is 0 Å². The van der Waals surface area contributed by atoms with Crippen LogP contribution in [0.1, 0.15) is 20.3 Å². The van der Waals surface area contributed by atoms with Gasteiger partial charge in [0.05, 0.1) is 5.54 Å². The van der Waals surface area contributed by atoms with E-state index in [-0.39, 0.29) is 5.54 Å². The topological polar surface area (TPSA) is 23.6 Å². The lowest BCUT2D eigenvalue weighted by molar-refractivity contribution is -0.119. The number of piperazine rings is 1. The Labute approximate surface area is 79.7 Å². The van der Waals surface area contributed by atoms with E-state index in [1.165, 1.54) is 13.0 Å². The molecule has 13 heavy (non-hydrogen) atoms.